The first-order valence-electron chi connectivity index (χ1n) is 8.79. The highest BCUT2D eigenvalue weighted by Crippen LogP contribution is 2.30. The summed E-state index contributed by atoms with van der Waals surface area (Å²) in [5, 5.41) is 4.57. The van der Waals surface area contributed by atoms with Crippen molar-refractivity contribution in [3.8, 4) is 0 Å². The first-order chi connectivity index (χ1) is 11.7. The Morgan fingerprint density at radius 1 is 1.24 bits per heavy atom. The minimum absolute atomic E-state index is 0.0181. The summed E-state index contributed by atoms with van der Waals surface area (Å²) < 4.78 is 1.71. The van der Waals surface area contributed by atoms with Crippen LogP contribution in [0.15, 0.2) is 30.3 Å². The van der Waals surface area contributed by atoms with Crippen LogP contribution in [-0.4, -0.2) is 47.3 Å². The van der Waals surface area contributed by atoms with Crippen molar-refractivity contribution in [2.45, 2.75) is 38.6 Å². The first-order valence-corrected chi connectivity index (χ1v) is 8.79. The Balaban J connectivity index is 2.00. The molecule has 25 heavy (non-hydrogen) atoms. The summed E-state index contributed by atoms with van der Waals surface area (Å²) in [6, 6.07) is 10.5. The molecule has 1 aromatic carbocycles. The summed E-state index contributed by atoms with van der Waals surface area (Å²) in [5.74, 6) is 0.0181. The number of aromatic nitrogens is 2. The van der Waals surface area contributed by atoms with Gasteiger partial charge >= 0.3 is 0 Å². The highest BCUT2D eigenvalue weighted by Gasteiger charge is 2.32. The van der Waals surface area contributed by atoms with Crippen LogP contribution in [0.4, 0.5) is 5.69 Å². The fourth-order valence-corrected chi connectivity index (χ4v) is 3.28. The van der Waals surface area contributed by atoms with E-state index in [0.29, 0.717) is 18.3 Å². The van der Waals surface area contributed by atoms with Gasteiger partial charge in [0.25, 0.3) is 5.91 Å². The third-order valence-corrected chi connectivity index (χ3v) is 4.97. The van der Waals surface area contributed by atoms with Crippen molar-refractivity contribution < 1.29 is 4.79 Å². The van der Waals surface area contributed by atoms with Gasteiger partial charge in [-0.15, -0.1) is 0 Å². The minimum atomic E-state index is -0.0811. The Hall–Kier alpha value is -2.14. The number of anilines is 1. The molecule has 0 radical (unpaired) electrons. The zero-order valence-electron chi connectivity index (χ0n) is 16.1. The van der Waals surface area contributed by atoms with E-state index in [2.05, 4.69) is 50.9 Å². The lowest BCUT2D eigenvalue weighted by atomic mass is 9.92. The Morgan fingerprint density at radius 3 is 2.52 bits per heavy atom. The van der Waals surface area contributed by atoms with Crippen molar-refractivity contribution >= 4 is 11.6 Å². The zero-order valence-corrected chi connectivity index (χ0v) is 16.1. The molecule has 3 rings (SSSR count). The second kappa shape index (κ2) is 6.30. The quantitative estimate of drug-likeness (QED) is 0.844. The minimum Gasteiger partial charge on any atom is -0.305 e. The maximum Gasteiger partial charge on any atom is 0.276 e. The average molecular weight is 340 g/mol. The molecule has 5 heteroatoms. The van der Waals surface area contributed by atoms with E-state index in [4.69, 9.17) is 0 Å². The van der Waals surface area contributed by atoms with E-state index < -0.39 is 0 Å². The second-order valence-electron chi connectivity index (χ2n) is 8.15. The molecule has 2 aromatic rings. The SMILES string of the molecule is CN(C)[C@@H]1Cc2ccccc2N(C(=O)c2cc(C(C)(C)C)nn2C)C1. The van der Waals surface area contributed by atoms with Gasteiger partial charge in [-0.3, -0.25) is 9.48 Å². The normalized spacial score (nSPS) is 17.7. The predicted octanol–water partition coefficient (Wildman–Crippen LogP) is 2.85. The molecule has 0 saturated heterocycles. The molecule has 0 aliphatic carbocycles. The summed E-state index contributed by atoms with van der Waals surface area (Å²) in [6.45, 7) is 7.03. The number of carbonyl (C=O) groups is 1. The zero-order chi connectivity index (χ0) is 18.4. The molecule has 1 aliphatic heterocycles. The van der Waals surface area contributed by atoms with E-state index in [0.717, 1.165) is 17.8 Å². The van der Waals surface area contributed by atoms with E-state index >= 15 is 0 Å². The number of para-hydroxylation sites is 1. The highest BCUT2D eigenvalue weighted by molar-refractivity contribution is 6.05. The summed E-state index contributed by atoms with van der Waals surface area (Å²) in [4.78, 5) is 17.4. The predicted molar refractivity (Wildman–Crippen MR) is 101 cm³/mol. The number of benzene rings is 1. The van der Waals surface area contributed by atoms with Crippen molar-refractivity contribution in [1.82, 2.24) is 14.7 Å². The molecular formula is C20H28N4O. The highest BCUT2D eigenvalue weighted by atomic mass is 16.2. The van der Waals surface area contributed by atoms with Gasteiger partial charge in [0.2, 0.25) is 0 Å². The fraction of sp³-hybridized carbons (Fsp3) is 0.500. The van der Waals surface area contributed by atoms with Crippen molar-refractivity contribution in [2.24, 2.45) is 7.05 Å². The lowest BCUT2D eigenvalue weighted by molar-refractivity contribution is 0.0967. The number of amides is 1. The van der Waals surface area contributed by atoms with Gasteiger partial charge in [-0.2, -0.15) is 5.10 Å². The number of hydrogen-bond donors (Lipinski definition) is 0. The van der Waals surface area contributed by atoms with Gasteiger partial charge in [0.05, 0.1) is 5.69 Å². The molecule has 0 unspecified atom stereocenters. The molecule has 0 spiro atoms. The molecule has 0 fully saturated rings. The maximum atomic E-state index is 13.3. The van der Waals surface area contributed by atoms with Gasteiger partial charge in [0, 0.05) is 30.7 Å². The molecular weight excluding hydrogens is 312 g/mol. The van der Waals surface area contributed by atoms with Crippen LogP contribution in [0.1, 0.15) is 42.5 Å². The molecule has 1 aromatic heterocycles. The number of carbonyl (C=O) groups excluding carboxylic acids is 1. The van der Waals surface area contributed by atoms with Crippen LogP contribution >= 0.6 is 0 Å². The first kappa shape index (κ1) is 17.7. The monoisotopic (exact) mass is 340 g/mol. The standard InChI is InChI=1S/C20H28N4O/c1-20(2,3)18-12-17(23(6)21-18)19(25)24-13-15(22(4)5)11-14-9-7-8-10-16(14)24/h7-10,12,15H,11,13H2,1-6H3/t15-/m1/s1. The molecule has 134 valence electrons. The van der Waals surface area contributed by atoms with E-state index in [1.54, 1.807) is 4.68 Å². The molecule has 1 amide bonds. The largest absolute Gasteiger partial charge is 0.305 e. The smallest absolute Gasteiger partial charge is 0.276 e. The topological polar surface area (TPSA) is 41.4 Å². The Kier molecular flexibility index (Phi) is 4.45. The Labute approximate surface area is 150 Å². The molecule has 0 N–H and O–H groups in total. The molecule has 0 bridgehead atoms. The van der Waals surface area contributed by atoms with Crippen molar-refractivity contribution in [1.29, 1.82) is 0 Å². The van der Waals surface area contributed by atoms with Crippen LogP contribution < -0.4 is 4.90 Å². The number of likely N-dealkylation sites (N-methyl/N-ethyl adjacent to an activating group) is 1. The number of fused-ring (bicyclic) bond motifs is 1. The number of rotatable bonds is 2. The average Bonchev–Trinajstić information content (AvgIpc) is 2.95. The summed E-state index contributed by atoms with van der Waals surface area (Å²) in [7, 11) is 5.99. The third-order valence-electron chi connectivity index (χ3n) is 4.97. The number of hydrogen-bond acceptors (Lipinski definition) is 3. The van der Waals surface area contributed by atoms with Gasteiger partial charge in [0.15, 0.2) is 0 Å². The lowest BCUT2D eigenvalue weighted by Gasteiger charge is -2.37. The maximum absolute atomic E-state index is 13.3. The lowest BCUT2D eigenvalue weighted by Crippen LogP contribution is -2.48. The third kappa shape index (κ3) is 3.33. The Bertz CT molecular complexity index is 785. The van der Waals surface area contributed by atoms with Crippen LogP contribution in [0.25, 0.3) is 0 Å². The molecule has 1 atom stereocenters. The fourth-order valence-electron chi connectivity index (χ4n) is 3.28. The van der Waals surface area contributed by atoms with E-state index in [-0.39, 0.29) is 11.3 Å². The van der Waals surface area contributed by atoms with Crippen molar-refractivity contribution in [3.05, 3.63) is 47.3 Å². The molecule has 0 saturated carbocycles. The second-order valence-corrected chi connectivity index (χ2v) is 8.15. The van der Waals surface area contributed by atoms with Crippen LogP contribution in [-0.2, 0) is 18.9 Å². The van der Waals surface area contributed by atoms with E-state index in [1.807, 2.05) is 36.2 Å². The van der Waals surface area contributed by atoms with Gasteiger partial charge in [0.1, 0.15) is 5.69 Å². The van der Waals surface area contributed by atoms with Gasteiger partial charge < -0.3 is 9.80 Å². The molecule has 5 nitrogen and oxygen atoms in total. The van der Waals surface area contributed by atoms with Crippen LogP contribution in [0.2, 0.25) is 0 Å². The van der Waals surface area contributed by atoms with Gasteiger partial charge in [-0.05, 0) is 38.2 Å². The summed E-state index contributed by atoms with van der Waals surface area (Å²) in [5.41, 5.74) is 3.73. The van der Waals surface area contributed by atoms with Crippen LogP contribution in [0.5, 0.6) is 0 Å². The summed E-state index contributed by atoms with van der Waals surface area (Å²) >= 11 is 0. The van der Waals surface area contributed by atoms with Gasteiger partial charge in [-0.1, -0.05) is 39.0 Å². The molecule has 1 aliphatic rings. The Morgan fingerprint density at radius 2 is 1.92 bits per heavy atom. The summed E-state index contributed by atoms with van der Waals surface area (Å²) in [6.07, 6.45) is 0.964. The van der Waals surface area contributed by atoms with Crippen LogP contribution in [0.3, 0.4) is 0 Å². The van der Waals surface area contributed by atoms with Crippen molar-refractivity contribution in [2.75, 3.05) is 25.5 Å². The van der Waals surface area contributed by atoms with Crippen molar-refractivity contribution in [3.63, 3.8) is 0 Å². The van der Waals surface area contributed by atoms with Crippen LogP contribution in [0, 0.1) is 0 Å². The number of aryl methyl sites for hydroxylation is 1. The van der Waals surface area contributed by atoms with E-state index in [1.165, 1.54) is 5.56 Å². The number of nitrogens with zero attached hydrogens (tertiary/aromatic N) is 4. The molecule has 2 heterocycles. The van der Waals surface area contributed by atoms with E-state index in [9.17, 15) is 4.79 Å². The van der Waals surface area contributed by atoms with Gasteiger partial charge in [-0.25, -0.2) is 0 Å².